The summed E-state index contributed by atoms with van der Waals surface area (Å²) in [6, 6.07) is 5.57. The Hall–Kier alpha value is -2.17. The second-order valence-electron chi connectivity index (χ2n) is 3.73. The fourth-order valence-corrected chi connectivity index (χ4v) is 1.80. The SMILES string of the molecule is COc1cc(C)c(OC)c(-c2cc(N)n[nH]2)c1. The first-order valence-electron chi connectivity index (χ1n) is 5.19. The van der Waals surface area contributed by atoms with Crippen molar-refractivity contribution in [3.8, 4) is 22.8 Å². The Morgan fingerprint density at radius 3 is 2.47 bits per heavy atom. The van der Waals surface area contributed by atoms with E-state index >= 15 is 0 Å². The number of aryl methyl sites for hydroxylation is 1. The second-order valence-corrected chi connectivity index (χ2v) is 3.73. The molecule has 0 amide bonds. The molecule has 2 aromatic rings. The van der Waals surface area contributed by atoms with Gasteiger partial charge in [0.1, 0.15) is 17.3 Å². The fraction of sp³-hybridized carbons (Fsp3) is 0.250. The lowest BCUT2D eigenvalue weighted by Gasteiger charge is -2.12. The van der Waals surface area contributed by atoms with E-state index in [1.165, 1.54) is 0 Å². The van der Waals surface area contributed by atoms with Gasteiger partial charge in [0.25, 0.3) is 0 Å². The second kappa shape index (κ2) is 4.37. The summed E-state index contributed by atoms with van der Waals surface area (Å²) in [4.78, 5) is 0. The molecule has 2 rings (SSSR count). The lowest BCUT2D eigenvalue weighted by Crippen LogP contribution is -1.94. The summed E-state index contributed by atoms with van der Waals surface area (Å²) in [5.41, 5.74) is 8.29. The van der Waals surface area contributed by atoms with Gasteiger partial charge in [-0.25, -0.2) is 0 Å². The third kappa shape index (κ3) is 2.04. The number of rotatable bonds is 3. The van der Waals surface area contributed by atoms with Crippen LogP contribution in [0.25, 0.3) is 11.3 Å². The number of anilines is 1. The third-order valence-corrected chi connectivity index (χ3v) is 2.58. The van der Waals surface area contributed by atoms with Crippen LogP contribution in [-0.2, 0) is 0 Å². The third-order valence-electron chi connectivity index (χ3n) is 2.58. The molecule has 0 atom stereocenters. The quantitative estimate of drug-likeness (QED) is 0.850. The molecule has 0 spiro atoms. The zero-order valence-corrected chi connectivity index (χ0v) is 10.1. The summed E-state index contributed by atoms with van der Waals surface area (Å²) in [7, 11) is 3.27. The average Bonchev–Trinajstić information content (AvgIpc) is 2.74. The minimum atomic E-state index is 0.447. The first-order valence-corrected chi connectivity index (χ1v) is 5.19. The molecule has 0 aliphatic carbocycles. The molecule has 1 heterocycles. The number of benzene rings is 1. The number of ether oxygens (including phenoxy) is 2. The van der Waals surface area contributed by atoms with Crippen LogP contribution in [-0.4, -0.2) is 24.4 Å². The van der Waals surface area contributed by atoms with E-state index < -0.39 is 0 Å². The highest BCUT2D eigenvalue weighted by Crippen LogP contribution is 2.35. The highest BCUT2D eigenvalue weighted by Gasteiger charge is 2.13. The monoisotopic (exact) mass is 233 g/mol. The standard InChI is InChI=1S/C12H15N3O2/c1-7-4-8(16-2)5-9(12(7)17-3)10-6-11(13)15-14-10/h4-6H,1-3H3,(H3,13,14,15). The smallest absolute Gasteiger partial charge is 0.145 e. The fourth-order valence-electron chi connectivity index (χ4n) is 1.80. The minimum absolute atomic E-state index is 0.447. The molecule has 5 heteroatoms. The first kappa shape index (κ1) is 11.3. The molecule has 3 N–H and O–H groups in total. The van der Waals surface area contributed by atoms with Crippen LogP contribution in [0, 0.1) is 6.92 Å². The van der Waals surface area contributed by atoms with Crippen molar-refractivity contribution < 1.29 is 9.47 Å². The Bertz CT molecular complexity index is 535. The maximum absolute atomic E-state index is 5.60. The number of hydrogen-bond acceptors (Lipinski definition) is 4. The number of aromatic amines is 1. The number of H-pyrrole nitrogens is 1. The molecule has 0 radical (unpaired) electrons. The van der Waals surface area contributed by atoms with Crippen molar-refractivity contribution in [2.45, 2.75) is 6.92 Å². The predicted molar refractivity (Wildman–Crippen MR) is 66.3 cm³/mol. The summed E-state index contributed by atoms with van der Waals surface area (Å²) < 4.78 is 10.6. The van der Waals surface area contributed by atoms with Crippen molar-refractivity contribution in [3.05, 3.63) is 23.8 Å². The number of aromatic nitrogens is 2. The zero-order chi connectivity index (χ0) is 12.4. The van der Waals surface area contributed by atoms with E-state index in [-0.39, 0.29) is 0 Å². The Morgan fingerprint density at radius 1 is 1.18 bits per heavy atom. The molecular formula is C12H15N3O2. The van der Waals surface area contributed by atoms with Gasteiger partial charge in [0.2, 0.25) is 0 Å². The van der Waals surface area contributed by atoms with Crippen LogP contribution < -0.4 is 15.2 Å². The lowest BCUT2D eigenvalue weighted by atomic mass is 10.1. The molecule has 0 bridgehead atoms. The summed E-state index contributed by atoms with van der Waals surface area (Å²) >= 11 is 0. The summed E-state index contributed by atoms with van der Waals surface area (Å²) in [5, 5.41) is 6.77. The molecule has 17 heavy (non-hydrogen) atoms. The number of methoxy groups -OCH3 is 2. The van der Waals surface area contributed by atoms with Crippen LogP contribution in [0.4, 0.5) is 5.82 Å². The van der Waals surface area contributed by atoms with Gasteiger partial charge < -0.3 is 15.2 Å². The van der Waals surface area contributed by atoms with E-state index in [9.17, 15) is 0 Å². The largest absolute Gasteiger partial charge is 0.497 e. The van der Waals surface area contributed by atoms with Crippen molar-refractivity contribution in [1.29, 1.82) is 0 Å². The summed E-state index contributed by atoms with van der Waals surface area (Å²) in [6.07, 6.45) is 0. The van der Waals surface area contributed by atoms with Crippen LogP contribution >= 0.6 is 0 Å². The molecule has 5 nitrogen and oxygen atoms in total. The number of nitrogen functional groups attached to an aromatic ring is 1. The number of hydrogen-bond donors (Lipinski definition) is 2. The van der Waals surface area contributed by atoms with E-state index in [4.69, 9.17) is 15.2 Å². The van der Waals surface area contributed by atoms with Gasteiger partial charge in [-0.15, -0.1) is 0 Å². The van der Waals surface area contributed by atoms with Gasteiger partial charge in [0.05, 0.1) is 19.9 Å². The van der Waals surface area contributed by atoms with Crippen molar-refractivity contribution in [3.63, 3.8) is 0 Å². The first-order chi connectivity index (χ1) is 8.15. The number of nitrogens with two attached hydrogens (primary N) is 1. The Labute approximate surface area is 99.5 Å². The molecule has 0 aliphatic rings. The van der Waals surface area contributed by atoms with Gasteiger partial charge in [-0.2, -0.15) is 5.10 Å². The van der Waals surface area contributed by atoms with Gasteiger partial charge in [0, 0.05) is 11.6 Å². The molecule has 90 valence electrons. The van der Waals surface area contributed by atoms with Crippen LogP contribution in [0.2, 0.25) is 0 Å². The van der Waals surface area contributed by atoms with Gasteiger partial charge >= 0.3 is 0 Å². The molecule has 0 unspecified atom stereocenters. The van der Waals surface area contributed by atoms with E-state index in [0.717, 1.165) is 28.3 Å². The highest BCUT2D eigenvalue weighted by atomic mass is 16.5. The van der Waals surface area contributed by atoms with Gasteiger partial charge in [0.15, 0.2) is 0 Å². The van der Waals surface area contributed by atoms with Crippen LogP contribution in [0.5, 0.6) is 11.5 Å². The predicted octanol–water partition coefficient (Wildman–Crippen LogP) is 1.98. The van der Waals surface area contributed by atoms with Crippen molar-refractivity contribution in [2.24, 2.45) is 0 Å². The van der Waals surface area contributed by atoms with E-state index in [0.29, 0.717) is 5.82 Å². The maximum atomic E-state index is 5.60. The normalized spacial score (nSPS) is 10.3. The van der Waals surface area contributed by atoms with Crippen LogP contribution in [0.3, 0.4) is 0 Å². The molecule has 0 saturated carbocycles. The molecule has 1 aromatic heterocycles. The Kier molecular flexibility index (Phi) is 2.91. The lowest BCUT2D eigenvalue weighted by molar-refractivity contribution is 0.402. The van der Waals surface area contributed by atoms with Crippen LogP contribution in [0.1, 0.15) is 5.56 Å². The number of nitrogens with one attached hydrogen (secondary N) is 1. The van der Waals surface area contributed by atoms with Gasteiger partial charge in [-0.1, -0.05) is 0 Å². The number of nitrogens with zero attached hydrogens (tertiary/aromatic N) is 1. The van der Waals surface area contributed by atoms with Crippen molar-refractivity contribution in [2.75, 3.05) is 20.0 Å². The van der Waals surface area contributed by atoms with Gasteiger partial charge in [-0.3, -0.25) is 5.10 Å². The minimum Gasteiger partial charge on any atom is -0.497 e. The van der Waals surface area contributed by atoms with Crippen molar-refractivity contribution in [1.82, 2.24) is 10.2 Å². The zero-order valence-electron chi connectivity index (χ0n) is 10.1. The Morgan fingerprint density at radius 2 is 1.94 bits per heavy atom. The highest BCUT2D eigenvalue weighted by molar-refractivity contribution is 5.72. The summed E-state index contributed by atoms with van der Waals surface area (Å²) in [6.45, 7) is 1.96. The van der Waals surface area contributed by atoms with Gasteiger partial charge in [-0.05, 0) is 24.6 Å². The molecular weight excluding hydrogens is 218 g/mol. The molecule has 0 aliphatic heterocycles. The summed E-state index contributed by atoms with van der Waals surface area (Å²) in [5.74, 6) is 2.00. The topological polar surface area (TPSA) is 73.2 Å². The molecule has 1 aromatic carbocycles. The maximum Gasteiger partial charge on any atom is 0.145 e. The van der Waals surface area contributed by atoms with E-state index in [1.807, 2.05) is 19.1 Å². The molecule has 0 fully saturated rings. The average molecular weight is 233 g/mol. The Balaban J connectivity index is 2.61. The molecule has 0 saturated heterocycles. The van der Waals surface area contributed by atoms with Crippen molar-refractivity contribution >= 4 is 5.82 Å². The van der Waals surface area contributed by atoms with E-state index in [2.05, 4.69) is 10.2 Å². The van der Waals surface area contributed by atoms with Crippen LogP contribution in [0.15, 0.2) is 18.2 Å². The van der Waals surface area contributed by atoms with E-state index in [1.54, 1.807) is 20.3 Å².